The first kappa shape index (κ1) is 31.2. The van der Waals surface area contributed by atoms with Gasteiger partial charge < -0.3 is 4.74 Å². The Balaban J connectivity index is 1.90. The van der Waals surface area contributed by atoms with E-state index in [2.05, 4.69) is 35.2 Å². The molecule has 2 fully saturated rings. The van der Waals surface area contributed by atoms with Crippen molar-refractivity contribution in [2.24, 2.45) is 0 Å². The van der Waals surface area contributed by atoms with Gasteiger partial charge in [0, 0.05) is 0 Å². The van der Waals surface area contributed by atoms with Crippen LogP contribution >= 0.6 is 12.0 Å². The lowest BCUT2D eigenvalue weighted by Gasteiger charge is -2.31. The quantitative estimate of drug-likeness (QED) is 0.0818. The maximum absolute atomic E-state index is 15.4. The van der Waals surface area contributed by atoms with Crippen molar-refractivity contribution >= 4 is 12.0 Å². The van der Waals surface area contributed by atoms with E-state index in [9.17, 15) is 8.78 Å². The summed E-state index contributed by atoms with van der Waals surface area (Å²) in [6, 6.07) is 4.35. The van der Waals surface area contributed by atoms with E-state index in [1.54, 1.807) is 0 Å². The normalized spacial score (nSPS) is 17.1. The van der Waals surface area contributed by atoms with Crippen molar-refractivity contribution in [1.29, 1.82) is 0 Å². The Morgan fingerprint density at radius 3 is 1.82 bits per heavy atom. The van der Waals surface area contributed by atoms with Gasteiger partial charge in [0.15, 0.2) is 11.6 Å². The fourth-order valence-corrected chi connectivity index (χ4v) is 7.05. The van der Waals surface area contributed by atoms with Crippen LogP contribution in [0.1, 0.15) is 138 Å². The molecule has 0 unspecified atom stereocenters. The van der Waals surface area contributed by atoms with Crippen LogP contribution in [-0.2, 0) is 9.22 Å². The number of halogens is 4. The Kier molecular flexibility index (Phi) is 11.6. The summed E-state index contributed by atoms with van der Waals surface area (Å²) in [5, 5.41) is 0. The molecule has 2 aliphatic rings. The van der Waals surface area contributed by atoms with Crippen LogP contribution in [0.3, 0.4) is 0 Å². The minimum Gasteiger partial charge on any atom is -0.450 e. The van der Waals surface area contributed by atoms with Crippen LogP contribution in [0.5, 0.6) is 11.5 Å². The van der Waals surface area contributed by atoms with Crippen LogP contribution in [-0.4, -0.2) is 7.11 Å². The summed E-state index contributed by atoms with van der Waals surface area (Å²) >= 11 is 0.0741. The summed E-state index contributed by atoms with van der Waals surface area (Å²) in [4.78, 5) is 3.39. The topological polar surface area (TPSA) is 27.7 Å². The average Bonchev–Trinajstić information content (AvgIpc) is 2.99. The molecule has 0 bridgehead atoms. The van der Waals surface area contributed by atoms with Gasteiger partial charge in [-0.15, -0.1) is 0 Å². The van der Waals surface area contributed by atoms with E-state index in [4.69, 9.17) is 4.74 Å². The first-order valence-electron chi connectivity index (χ1n) is 15.0. The SMILES string of the molecule is CCCC(CCC)c1cc(C2CCCCC2)cc(C2CCCCC2)c1Oc1c(F)c(F)c(SOOC)c(F)c1F. The summed E-state index contributed by atoms with van der Waals surface area (Å²) < 4.78 is 71.3. The molecule has 0 amide bonds. The maximum Gasteiger partial charge on any atom is 0.205 e. The number of benzene rings is 2. The number of rotatable bonds is 12. The molecule has 222 valence electrons. The fraction of sp³-hybridized carbons (Fsp3) is 0.625. The van der Waals surface area contributed by atoms with Gasteiger partial charge in [-0.3, -0.25) is 0 Å². The van der Waals surface area contributed by atoms with Crippen LogP contribution in [0.15, 0.2) is 17.0 Å². The van der Waals surface area contributed by atoms with E-state index in [-0.39, 0.29) is 23.9 Å². The molecular weight excluding hydrogens is 540 g/mol. The summed E-state index contributed by atoms with van der Waals surface area (Å²) in [6.07, 6.45) is 14.7. The van der Waals surface area contributed by atoms with E-state index >= 15 is 8.78 Å². The number of ether oxygens (including phenoxy) is 1. The molecule has 40 heavy (non-hydrogen) atoms. The van der Waals surface area contributed by atoms with Crippen LogP contribution in [0.2, 0.25) is 0 Å². The lowest BCUT2D eigenvalue weighted by molar-refractivity contribution is -0.160. The Morgan fingerprint density at radius 2 is 1.30 bits per heavy atom. The van der Waals surface area contributed by atoms with Crippen molar-refractivity contribution in [2.75, 3.05) is 7.11 Å². The lowest BCUT2D eigenvalue weighted by atomic mass is 9.76. The second-order valence-electron chi connectivity index (χ2n) is 11.3. The van der Waals surface area contributed by atoms with Crippen molar-refractivity contribution < 1.29 is 31.5 Å². The highest BCUT2D eigenvalue weighted by atomic mass is 32.2. The zero-order valence-electron chi connectivity index (χ0n) is 23.9. The van der Waals surface area contributed by atoms with Gasteiger partial charge in [0.2, 0.25) is 17.4 Å². The third kappa shape index (κ3) is 6.99. The molecule has 4 rings (SSSR count). The van der Waals surface area contributed by atoms with Crippen LogP contribution in [0.25, 0.3) is 0 Å². The maximum atomic E-state index is 15.4. The molecule has 0 radical (unpaired) electrons. The molecule has 0 atom stereocenters. The van der Waals surface area contributed by atoms with Crippen LogP contribution in [0.4, 0.5) is 17.6 Å². The molecular formula is C32H42F4O3S. The van der Waals surface area contributed by atoms with Crippen LogP contribution < -0.4 is 4.74 Å². The molecule has 2 saturated carbocycles. The second-order valence-corrected chi connectivity index (χ2v) is 12.0. The van der Waals surface area contributed by atoms with Gasteiger partial charge in [-0.25, -0.2) is 13.7 Å². The zero-order chi connectivity index (χ0) is 28.6. The second kappa shape index (κ2) is 14.9. The van der Waals surface area contributed by atoms with Gasteiger partial charge in [-0.05, 0) is 73.0 Å². The van der Waals surface area contributed by atoms with E-state index in [0.29, 0.717) is 11.7 Å². The van der Waals surface area contributed by atoms with Gasteiger partial charge in [0.05, 0.1) is 19.2 Å². The minimum atomic E-state index is -1.58. The molecule has 8 heteroatoms. The molecule has 0 aliphatic heterocycles. The summed E-state index contributed by atoms with van der Waals surface area (Å²) in [5.74, 6) is -6.27. The molecule has 0 N–H and O–H groups in total. The largest absolute Gasteiger partial charge is 0.450 e. The third-order valence-corrected chi connectivity index (χ3v) is 9.31. The van der Waals surface area contributed by atoms with Crippen molar-refractivity contribution in [2.45, 2.75) is 126 Å². The van der Waals surface area contributed by atoms with Gasteiger partial charge in [0.1, 0.15) is 10.6 Å². The number of hydrogen-bond donors (Lipinski definition) is 0. The molecule has 2 aromatic carbocycles. The van der Waals surface area contributed by atoms with E-state index in [1.165, 1.54) is 24.8 Å². The van der Waals surface area contributed by atoms with Gasteiger partial charge in [-0.1, -0.05) is 77.3 Å². The molecule has 0 heterocycles. The highest BCUT2D eigenvalue weighted by molar-refractivity contribution is 7.94. The summed E-state index contributed by atoms with van der Waals surface area (Å²) in [5.41, 5.74) is 3.10. The zero-order valence-corrected chi connectivity index (χ0v) is 24.7. The molecule has 0 aromatic heterocycles. The van der Waals surface area contributed by atoms with Crippen LogP contribution in [0, 0.1) is 23.3 Å². The van der Waals surface area contributed by atoms with E-state index < -0.39 is 33.9 Å². The van der Waals surface area contributed by atoms with Gasteiger partial charge in [-0.2, -0.15) is 13.1 Å². The lowest BCUT2D eigenvalue weighted by Crippen LogP contribution is -2.14. The van der Waals surface area contributed by atoms with Gasteiger partial charge in [0.25, 0.3) is 0 Å². The Hall–Kier alpha value is -1.77. The molecule has 2 aliphatic carbocycles. The van der Waals surface area contributed by atoms with E-state index in [0.717, 1.165) is 88.9 Å². The predicted molar refractivity (Wildman–Crippen MR) is 151 cm³/mol. The number of hydrogen-bond acceptors (Lipinski definition) is 4. The van der Waals surface area contributed by atoms with Crippen molar-refractivity contribution in [1.82, 2.24) is 0 Å². The molecule has 0 saturated heterocycles. The highest BCUT2D eigenvalue weighted by Gasteiger charge is 2.32. The van der Waals surface area contributed by atoms with Crippen molar-refractivity contribution in [3.63, 3.8) is 0 Å². The Labute approximate surface area is 240 Å². The highest BCUT2D eigenvalue weighted by Crippen LogP contribution is 2.49. The molecule has 3 nitrogen and oxygen atoms in total. The Bertz CT molecular complexity index is 1090. The average molecular weight is 583 g/mol. The summed E-state index contributed by atoms with van der Waals surface area (Å²) in [7, 11) is 1.13. The smallest absolute Gasteiger partial charge is 0.205 e. The summed E-state index contributed by atoms with van der Waals surface area (Å²) in [6.45, 7) is 4.25. The van der Waals surface area contributed by atoms with Gasteiger partial charge >= 0.3 is 0 Å². The molecule has 0 spiro atoms. The Morgan fingerprint density at radius 1 is 0.750 bits per heavy atom. The van der Waals surface area contributed by atoms with E-state index in [1.807, 2.05) is 0 Å². The first-order chi connectivity index (χ1) is 19.4. The monoisotopic (exact) mass is 582 g/mol. The fourth-order valence-electron chi connectivity index (χ4n) is 6.58. The standard InChI is InChI=1S/C32H42F4O3S/c1-4-12-21(13-5-2)24-18-23(20-14-8-6-9-15-20)19-25(22-16-10-7-11-17-22)30(24)38-31-26(33)28(35)32(40-39-37-3)29(36)27(31)34/h18-22H,4-17H2,1-3H3. The van der Waals surface area contributed by atoms with Crippen molar-refractivity contribution in [3.8, 4) is 11.5 Å². The third-order valence-electron chi connectivity index (χ3n) is 8.58. The first-order valence-corrected chi connectivity index (χ1v) is 15.7. The predicted octanol–water partition coefficient (Wildman–Crippen LogP) is 11.4. The molecule has 2 aromatic rings. The van der Waals surface area contributed by atoms with Crippen molar-refractivity contribution in [3.05, 3.63) is 52.1 Å². The minimum absolute atomic E-state index is 0.0741.